The fourth-order valence-corrected chi connectivity index (χ4v) is 3.26. The minimum Gasteiger partial charge on any atom is -0.484 e. The van der Waals surface area contributed by atoms with Crippen LogP contribution in [0.15, 0.2) is 48.8 Å². The number of hydrogen-bond donors (Lipinski definition) is 1. The number of halogens is 2. The zero-order chi connectivity index (χ0) is 18.4. The van der Waals surface area contributed by atoms with Gasteiger partial charge in [-0.2, -0.15) is 5.10 Å². The lowest BCUT2D eigenvalue weighted by molar-refractivity contribution is -0.123. The molecule has 0 spiro atoms. The van der Waals surface area contributed by atoms with Crippen molar-refractivity contribution < 1.29 is 18.7 Å². The van der Waals surface area contributed by atoms with Crippen LogP contribution in [0.4, 0.5) is 5.88 Å². The smallest absolute Gasteiger partial charge is 0.277 e. The minimum atomic E-state index is -0.361. The standard InChI is InChI=1S/C17H17Br2N3O4/c18-12-2-1-3-13(8-12)25-11-16(23)21-20-10-14-9-15(19)17(26-14)22-4-6-24-7-5-22/h1-3,8-10H,4-7,11H2,(H,21,23)/b20-10+. The second kappa shape index (κ2) is 9.20. The first-order valence-electron chi connectivity index (χ1n) is 7.94. The molecule has 1 N–H and O–H groups in total. The number of furan rings is 1. The number of morpholine rings is 1. The van der Waals surface area contributed by atoms with Crippen molar-refractivity contribution in [2.24, 2.45) is 5.10 Å². The van der Waals surface area contributed by atoms with Gasteiger partial charge in [-0.15, -0.1) is 0 Å². The molecule has 1 fully saturated rings. The molecule has 1 aromatic heterocycles. The lowest BCUT2D eigenvalue weighted by Crippen LogP contribution is -2.36. The van der Waals surface area contributed by atoms with E-state index < -0.39 is 0 Å². The fourth-order valence-electron chi connectivity index (χ4n) is 2.33. The highest BCUT2D eigenvalue weighted by Gasteiger charge is 2.18. The third-order valence-corrected chi connectivity index (χ3v) is 4.59. The van der Waals surface area contributed by atoms with E-state index >= 15 is 0 Å². The van der Waals surface area contributed by atoms with Gasteiger partial charge in [-0.1, -0.05) is 22.0 Å². The van der Waals surface area contributed by atoms with Gasteiger partial charge in [0.05, 0.1) is 23.9 Å². The van der Waals surface area contributed by atoms with Crippen LogP contribution < -0.4 is 15.1 Å². The number of rotatable bonds is 6. The first-order chi connectivity index (χ1) is 12.6. The van der Waals surface area contributed by atoms with Crippen molar-refractivity contribution in [2.45, 2.75) is 0 Å². The number of benzene rings is 1. The van der Waals surface area contributed by atoms with Crippen molar-refractivity contribution in [2.75, 3.05) is 37.8 Å². The Hall–Kier alpha value is -1.84. The largest absolute Gasteiger partial charge is 0.484 e. The molecule has 9 heteroatoms. The van der Waals surface area contributed by atoms with E-state index in [2.05, 4.69) is 47.3 Å². The molecule has 2 heterocycles. The summed E-state index contributed by atoms with van der Waals surface area (Å²) in [6.07, 6.45) is 1.45. The maximum atomic E-state index is 11.8. The Kier molecular flexibility index (Phi) is 6.70. The van der Waals surface area contributed by atoms with Crippen molar-refractivity contribution in [3.63, 3.8) is 0 Å². The van der Waals surface area contributed by atoms with Gasteiger partial charge >= 0.3 is 0 Å². The molecule has 0 saturated carbocycles. The van der Waals surface area contributed by atoms with Gasteiger partial charge in [0.2, 0.25) is 5.88 Å². The Labute approximate surface area is 167 Å². The van der Waals surface area contributed by atoms with Gasteiger partial charge in [0.25, 0.3) is 5.91 Å². The highest BCUT2D eigenvalue weighted by Crippen LogP contribution is 2.30. The first kappa shape index (κ1) is 18.9. The third kappa shape index (κ3) is 5.33. The van der Waals surface area contributed by atoms with Crippen LogP contribution in [0, 0.1) is 0 Å². The number of carbonyl (C=O) groups excluding carboxylic acids is 1. The van der Waals surface area contributed by atoms with Crippen LogP contribution in [0.25, 0.3) is 0 Å². The summed E-state index contributed by atoms with van der Waals surface area (Å²) in [5.41, 5.74) is 2.41. The van der Waals surface area contributed by atoms with Gasteiger partial charge in [0, 0.05) is 23.6 Å². The molecule has 1 aromatic carbocycles. The van der Waals surface area contributed by atoms with Crippen LogP contribution in [0.1, 0.15) is 5.76 Å². The summed E-state index contributed by atoms with van der Waals surface area (Å²) in [5.74, 6) is 1.51. The molecule has 3 rings (SSSR count). The second-order valence-corrected chi connectivity index (χ2v) is 7.21. The van der Waals surface area contributed by atoms with E-state index in [4.69, 9.17) is 13.9 Å². The van der Waals surface area contributed by atoms with Gasteiger partial charge in [0.15, 0.2) is 12.4 Å². The molecular formula is C17H17Br2N3O4. The summed E-state index contributed by atoms with van der Waals surface area (Å²) in [5, 5.41) is 3.90. The second-order valence-electron chi connectivity index (χ2n) is 5.44. The highest BCUT2D eigenvalue weighted by molar-refractivity contribution is 9.10. The molecule has 0 atom stereocenters. The summed E-state index contributed by atoms with van der Waals surface area (Å²) in [6.45, 7) is 2.75. The quantitative estimate of drug-likeness (QED) is 0.501. The Morgan fingerprint density at radius 3 is 2.88 bits per heavy atom. The predicted octanol–water partition coefficient (Wildman–Crippen LogP) is 3.17. The van der Waals surface area contributed by atoms with Crippen LogP contribution in [-0.4, -0.2) is 45.0 Å². The zero-order valence-electron chi connectivity index (χ0n) is 13.8. The zero-order valence-corrected chi connectivity index (χ0v) is 17.0. The average molecular weight is 487 g/mol. The number of nitrogens with zero attached hydrogens (tertiary/aromatic N) is 2. The van der Waals surface area contributed by atoms with E-state index in [1.165, 1.54) is 6.21 Å². The molecule has 1 saturated heterocycles. The van der Waals surface area contributed by atoms with E-state index in [0.717, 1.165) is 27.9 Å². The normalized spacial score (nSPS) is 14.6. The predicted molar refractivity (Wildman–Crippen MR) is 105 cm³/mol. The van der Waals surface area contributed by atoms with Gasteiger partial charge in [-0.05, 0) is 34.1 Å². The molecule has 0 aliphatic carbocycles. The molecular weight excluding hydrogens is 470 g/mol. The lowest BCUT2D eigenvalue weighted by atomic mass is 10.3. The minimum absolute atomic E-state index is 0.130. The average Bonchev–Trinajstić information content (AvgIpc) is 3.01. The number of ether oxygens (including phenoxy) is 2. The fraction of sp³-hybridized carbons (Fsp3) is 0.294. The molecule has 1 aliphatic heterocycles. The van der Waals surface area contributed by atoms with E-state index in [-0.39, 0.29) is 12.5 Å². The van der Waals surface area contributed by atoms with E-state index in [1.807, 2.05) is 12.1 Å². The molecule has 0 radical (unpaired) electrons. The van der Waals surface area contributed by atoms with Crippen LogP contribution in [0.3, 0.4) is 0 Å². The Bertz CT molecular complexity index is 788. The third-order valence-electron chi connectivity index (χ3n) is 3.53. The Morgan fingerprint density at radius 1 is 1.31 bits per heavy atom. The SMILES string of the molecule is O=C(COc1cccc(Br)c1)N/N=C/c1cc(Br)c(N2CCOCC2)o1. The van der Waals surface area contributed by atoms with Crippen LogP contribution in [0.5, 0.6) is 5.75 Å². The molecule has 26 heavy (non-hydrogen) atoms. The van der Waals surface area contributed by atoms with Gasteiger partial charge in [0.1, 0.15) is 5.75 Å². The van der Waals surface area contributed by atoms with Gasteiger partial charge in [-0.3, -0.25) is 4.79 Å². The first-order valence-corrected chi connectivity index (χ1v) is 9.53. The topological polar surface area (TPSA) is 76.3 Å². The summed E-state index contributed by atoms with van der Waals surface area (Å²) >= 11 is 6.83. The van der Waals surface area contributed by atoms with Crippen molar-refractivity contribution >= 4 is 49.9 Å². The van der Waals surface area contributed by atoms with Crippen LogP contribution >= 0.6 is 31.9 Å². The highest BCUT2D eigenvalue weighted by atomic mass is 79.9. The number of anilines is 1. The molecule has 138 valence electrons. The van der Waals surface area contributed by atoms with Gasteiger partial charge < -0.3 is 18.8 Å². The van der Waals surface area contributed by atoms with E-state index in [9.17, 15) is 4.79 Å². The monoisotopic (exact) mass is 485 g/mol. The molecule has 0 bridgehead atoms. The molecule has 0 unspecified atom stereocenters. The van der Waals surface area contributed by atoms with Crippen molar-refractivity contribution in [1.29, 1.82) is 0 Å². The van der Waals surface area contributed by atoms with Crippen molar-refractivity contribution in [3.8, 4) is 5.75 Å². The number of hydrogen-bond acceptors (Lipinski definition) is 6. The number of amides is 1. The molecule has 1 amide bonds. The molecule has 7 nitrogen and oxygen atoms in total. The van der Waals surface area contributed by atoms with Gasteiger partial charge in [-0.25, -0.2) is 5.43 Å². The number of carbonyl (C=O) groups is 1. The Morgan fingerprint density at radius 2 is 2.12 bits per heavy atom. The van der Waals surface area contributed by atoms with Crippen LogP contribution in [-0.2, 0) is 9.53 Å². The summed E-state index contributed by atoms with van der Waals surface area (Å²) in [6, 6.07) is 9.07. The summed E-state index contributed by atoms with van der Waals surface area (Å²) in [7, 11) is 0. The summed E-state index contributed by atoms with van der Waals surface area (Å²) < 4.78 is 18.2. The summed E-state index contributed by atoms with van der Waals surface area (Å²) in [4.78, 5) is 13.9. The van der Waals surface area contributed by atoms with Crippen molar-refractivity contribution in [1.82, 2.24) is 5.43 Å². The molecule has 2 aromatic rings. The maximum Gasteiger partial charge on any atom is 0.277 e. The molecule has 1 aliphatic rings. The van der Waals surface area contributed by atoms with E-state index in [1.54, 1.807) is 18.2 Å². The number of nitrogens with one attached hydrogen (secondary N) is 1. The number of hydrazone groups is 1. The lowest BCUT2D eigenvalue weighted by Gasteiger charge is -2.26. The van der Waals surface area contributed by atoms with Crippen LogP contribution in [0.2, 0.25) is 0 Å². The Balaban J connectivity index is 1.49. The van der Waals surface area contributed by atoms with Crippen molar-refractivity contribution in [3.05, 3.63) is 45.0 Å². The maximum absolute atomic E-state index is 11.8. The van der Waals surface area contributed by atoms with E-state index in [0.29, 0.717) is 24.7 Å².